The molecule has 0 unspecified atom stereocenters. The van der Waals surface area contributed by atoms with Crippen molar-refractivity contribution in [1.82, 2.24) is 5.43 Å². The third-order valence-electron chi connectivity index (χ3n) is 3.08. The maximum Gasteiger partial charge on any atom is 0.277 e. The van der Waals surface area contributed by atoms with Crippen LogP contribution in [0.25, 0.3) is 0 Å². The molecule has 2 rings (SSSR count). The number of amides is 1. The number of hydrazone groups is 1. The molecule has 24 heavy (non-hydrogen) atoms. The Hall–Kier alpha value is -2.05. The molecule has 0 fully saturated rings. The van der Waals surface area contributed by atoms with Gasteiger partial charge in [-0.2, -0.15) is 5.10 Å². The maximum absolute atomic E-state index is 11.8. The molecule has 0 heterocycles. The van der Waals surface area contributed by atoms with Gasteiger partial charge in [-0.05, 0) is 48.9 Å². The van der Waals surface area contributed by atoms with Crippen molar-refractivity contribution in [3.8, 4) is 11.5 Å². The van der Waals surface area contributed by atoms with Gasteiger partial charge in [0.25, 0.3) is 5.91 Å². The third kappa shape index (κ3) is 5.25. The zero-order chi connectivity index (χ0) is 17.5. The molecule has 0 aliphatic carbocycles. The van der Waals surface area contributed by atoms with Crippen molar-refractivity contribution in [1.29, 1.82) is 0 Å². The van der Waals surface area contributed by atoms with Crippen LogP contribution in [-0.4, -0.2) is 25.8 Å². The molecule has 1 amide bonds. The van der Waals surface area contributed by atoms with Crippen LogP contribution in [-0.2, 0) is 4.79 Å². The zero-order valence-electron chi connectivity index (χ0n) is 13.2. The highest BCUT2D eigenvalue weighted by Crippen LogP contribution is 2.22. The van der Waals surface area contributed by atoms with Crippen molar-refractivity contribution in [2.45, 2.75) is 6.92 Å². The SMILES string of the molecule is COc1ccc(Br)cc1/C=N\NC(=O)COc1ccc(Cl)c(C)c1. The number of ether oxygens (including phenoxy) is 2. The highest BCUT2D eigenvalue weighted by Gasteiger charge is 2.04. The van der Waals surface area contributed by atoms with Crippen LogP contribution in [0.2, 0.25) is 5.02 Å². The van der Waals surface area contributed by atoms with Crippen LogP contribution in [0.3, 0.4) is 0 Å². The van der Waals surface area contributed by atoms with Gasteiger partial charge in [-0.3, -0.25) is 4.79 Å². The molecule has 126 valence electrons. The van der Waals surface area contributed by atoms with Gasteiger partial charge in [-0.25, -0.2) is 5.43 Å². The fourth-order valence-electron chi connectivity index (χ4n) is 1.87. The quantitative estimate of drug-likeness (QED) is 0.578. The second-order valence-corrected chi connectivity index (χ2v) is 6.20. The Labute approximate surface area is 153 Å². The fraction of sp³-hybridized carbons (Fsp3) is 0.176. The lowest BCUT2D eigenvalue weighted by Gasteiger charge is -2.07. The number of hydrogen-bond acceptors (Lipinski definition) is 4. The summed E-state index contributed by atoms with van der Waals surface area (Å²) in [5.74, 6) is 0.863. The Morgan fingerprint density at radius 3 is 2.83 bits per heavy atom. The number of benzene rings is 2. The van der Waals surface area contributed by atoms with E-state index in [4.69, 9.17) is 21.1 Å². The van der Waals surface area contributed by atoms with Crippen LogP contribution in [0.1, 0.15) is 11.1 Å². The second-order valence-electron chi connectivity index (χ2n) is 4.88. The lowest BCUT2D eigenvalue weighted by molar-refractivity contribution is -0.123. The minimum atomic E-state index is -0.368. The molecule has 0 saturated carbocycles. The molecule has 0 spiro atoms. The van der Waals surface area contributed by atoms with Gasteiger partial charge in [-0.15, -0.1) is 0 Å². The number of carbonyl (C=O) groups excluding carboxylic acids is 1. The monoisotopic (exact) mass is 410 g/mol. The molecule has 5 nitrogen and oxygen atoms in total. The minimum absolute atomic E-state index is 0.145. The Morgan fingerprint density at radius 2 is 2.12 bits per heavy atom. The van der Waals surface area contributed by atoms with E-state index in [1.54, 1.807) is 31.4 Å². The summed E-state index contributed by atoms with van der Waals surface area (Å²) in [4.78, 5) is 11.8. The smallest absolute Gasteiger partial charge is 0.277 e. The Morgan fingerprint density at radius 1 is 1.33 bits per heavy atom. The van der Waals surface area contributed by atoms with E-state index in [2.05, 4.69) is 26.5 Å². The Kier molecular flexibility index (Phi) is 6.63. The number of methoxy groups -OCH3 is 1. The van der Waals surface area contributed by atoms with Crippen LogP contribution in [0.4, 0.5) is 0 Å². The van der Waals surface area contributed by atoms with Gasteiger partial charge >= 0.3 is 0 Å². The number of hydrogen-bond donors (Lipinski definition) is 1. The summed E-state index contributed by atoms with van der Waals surface area (Å²) in [6, 6.07) is 10.7. The van der Waals surface area contributed by atoms with Crippen molar-refractivity contribution in [2.24, 2.45) is 5.10 Å². The number of rotatable bonds is 6. The first kappa shape index (κ1) is 18.3. The molecule has 0 aliphatic heterocycles. The summed E-state index contributed by atoms with van der Waals surface area (Å²) in [7, 11) is 1.57. The van der Waals surface area contributed by atoms with E-state index in [1.165, 1.54) is 6.21 Å². The first-order chi connectivity index (χ1) is 11.5. The normalized spacial score (nSPS) is 10.7. The lowest BCUT2D eigenvalue weighted by atomic mass is 10.2. The molecule has 7 heteroatoms. The van der Waals surface area contributed by atoms with Crippen LogP contribution in [0.5, 0.6) is 11.5 Å². The van der Waals surface area contributed by atoms with E-state index in [0.29, 0.717) is 16.5 Å². The summed E-state index contributed by atoms with van der Waals surface area (Å²) >= 11 is 9.31. The summed E-state index contributed by atoms with van der Waals surface area (Å²) in [5.41, 5.74) is 4.03. The van der Waals surface area contributed by atoms with Gasteiger partial charge in [0.15, 0.2) is 6.61 Å². The summed E-state index contributed by atoms with van der Waals surface area (Å²) in [6.45, 7) is 1.72. The van der Waals surface area contributed by atoms with E-state index >= 15 is 0 Å². The maximum atomic E-state index is 11.8. The molecular formula is C17H16BrClN2O3. The minimum Gasteiger partial charge on any atom is -0.496 e. The molecule has 0 bridgehead atoms. The van der Waals surface area contributed by atoms with E-state index < -0.39 is 0 Å². The van der Waals surface area contributed by atoms with E-state index in [9.17, 15) is 4.79 Å². The molecule has 0 atom stereocenters. The number of aryl methyl sites for hydroxylation is 1. The summed E-state index contributed by atoms with van der Waals surface area (Å²) in [5, 5.41) is 4.56. The van der Waals surface area contributed by atoms with Crippen LogP contribution in [0.15, 0.2) is 46.0 Å². The molecule has 0 aromatic heterocycles. The van der Waals surface area contributed by atoms with Crippen molar-refractivity contribution in [3.05, 3.63) is 57.0 Å². The van der Waals surface area contributed by atoms with Crippen molar-refractivity contribution in [3.63, 3.8) is 0 Å². The average molecular weight is 412 g/mol. The van der Waals surface area contributed by atoms with Crippen LogP contribution in [0, 0.1) is 6.92 Å². The predicted octanol–water partition coefficient (Wildman–Crippen LogP) is 3.95. The highest BCUT2D eigenvalue weighted by atomic mass is 79.9. The predicted molar refractivity (Wildman–Crippen MR) is 98.1 cm³/mol. The molecule has 1 N–H and O–H groups in total. The largest absolute Gasteiger partial charge is 0.496 e. The molecule has 2 aromatic carbocycles. The Bertz CT molecular complexity index is 765. The summed E-state index contributed by atoms with van der Waals surface area (Å²) in [6.07, 6.45) is 1.51. The molecule has 2 aromatic rings. The number of nitrogens with one attached hydrogen (secondary N) is 1. The first-order valence-corrected chi connectivity index (χ1v) is 8.21. The lowest BCUT2D eigenvalue weighted by Crippen LogP contribution is -2.24. The number of carbonyl (C=O) groups is 1. The van der Waals surface area contributed by atoms with Crippen molar-refractivity contribution >= 4 is 39.7 Å². The van der Waals surface area contributed by atoms with Gasteiger partial charge in [0.2, 0.25) is 0 Å². The van der Waals surface area contributed by atoms with E-state index in [-0.39, 0.29) is 12.5 Å². The Balaban J connectivity index is 1.89. The molecule has 0 saturated heterocycles. The molecule has 0 aliphatic rings. The zero-order valence-corrected chi connectivity index (χ0v) is 15.5. The van der Waals surface area contributed by atoms with E-state index in [0.717, 1.165) is 15.6 Å². The van der Waals surface area contributed by atoms with Gasteiger partial charge in [0.1, 0.15) is 11.5 Å². The topological polar surface area (TPSA) is 59.9 Å². The number of nitrogens with zero attached hydrogens (tertiary/aromatic N) is 1. The van der Waals surface area contributed by atoms with Crippen molar-refractivity contribution < 1.29 is 14.3 Å². The van der Waals surface area contributed by atoms with E-state index in [1.807, 2.05) is 19.1 Å². The first-order valence-electron chi connectivity index (χ1n) is 7.04. The number of halogens is 2. The van der Waals surface area contributed by atoms with Gasteiger partial charge in [0.05, 0.1) is 13.3 Å². The van der Waals surface area contributed by atoms with Gasteiger partial charge < -0.3 is 9.47 Å². The average Bonchev–Trinajstić information content (AvgIpc) is 2.56. The standard InChI is InChI=1S/C17H16BrClN2O3/c1-11-7-14(4-5-15(11)19)24-10-17(22)21-20-9-12-8-13(18)3-6-16(12)23-2/h3-9H,10H2,1-2H3,(H,21,22)/b20-9-. The van der Waals surface area contributed by atoms with Crippen molar-refractivity contribution in [2.75, 3.05) is 13.7 Å². The molecular weight excluding hydrogens is 396 g/mol. The van der Waals surface area contributed by atoms with Gasteiger partial charge in [0, 0.05) is 15.1 Å². The molecule has 0 radical (unpaired) electrons. The van der Waals surface area contributed by atoms with Gasteiger partial charge in [-0.1, -0.05) is 27.5 Å². The van der Waals surface area contributed by atoms with Crippen LogP contribution >= 0.6 is 27.5 Å². The highest BCUT2D eigenvalue weighted by molar-refractivity contribution is 9.10. The second kappa shape index (κ2) is 8.70. The fourth-order valence-corrected chi connectivity index (χ4v) is 2.36. The summed E-state index contributed by atoms with van der Waals surface area (Å²) < 4.78 is 11.5. The van der Waals surface area contributed by atoms with Crippen LogP contribution < -0.4 is 14.9 Å². The third-order valence-corrected chi connectivity index (χ3v) is 4.00.